The molecule has 2 N–H and O–H groups in total. The second-order valence-electron chi connectivity index (χ2n) is 14.5. The molecule has 2 aliphatic rings. The summed E-state index contributed by atoms with van der Waals surface area (Å²) >= 11 is 7.83. The third kappa shape index (κ3) is 11.1. The van der Waals surface area contributed by atoms with Crippen LogP contribution in [-0.4, -0.2) is 94.2 Å². The molecule has 0 saturated carbocycles. The zero-order valence-electron chi connectivity index (χ0n) is 31.8. The molecule has 0 unspecified atom stereocenters. The van der Waals surface area contributed by atoms with E-state index in [1.165, 1.54) is 35.3 Å². The Balaban J connectivity index is 1.04. The number of halogens is 1. The smallest absolute Gasteiger partial charge is 0.293 e. The molecule has 1 aliphatic heterocycles. The van der Waals surface area contributed by atoms with Crippen LogP contribution < -0.4 is 14.9 Å². The van der Waals surface area contributed by atoms with Gasteiger partial charge in [0.25, 0.3) is 21.6 Å². The number of sulfonamides is 1. The van der Waals surface area contributed by atoms with E-state index in [1.807, 2.05) is 68.7 Å². The molecule has 0 bridgehead atoms. The molecule has 0 radical (unpaired) electrons. The number of carbonyl (C=O) groups is 1. The van der Waals surface area contributed by atoms with Crippen LogP contribution in [0.15, 0.2) is 112 Å². The molecular weight excluding hydrogens is 768 g/mol. The molecule has 14 heteroatoms. The summed E-state index contributed by atoms with van der Waals surface area (Å²) in [5.41, 5.74) is 5.17. The van der Waals surface area contributed by atoms with Gasteiger partial charge >= 0.3 is 0 Å². The Bertz CT molecular complexity index is 2110. The molecule has 56 heavy (non-hydrogen) atoms. The standard InChI is InChI=1S/C42H49ClN6O5S2/c1-46(2)23-21-35(22-28-55-37-8-4-3-5-9-37)44-40-20-19-38(29-41(40)49(51)52)56(53,54)45-42(50)32-13-17-36(18-14-32)48-26-24-47(25-27-48)30-33-7-6-10-39(33)31-11-15-34(43)16-12-31/h3-5,8-9,11-20,29,35,44H,6-7,10,21-28,30H2,1-2H3,(H,45,50)/t35-/m1/s1. The summed E-state index contributed by atoms with van der Waals surface area (Å²) in [5.74, 6) is -0.0164. The topological polar surface area (TPSA) is 128 Å². The van der Waals surface area contributed by atoms with Gasteiger partial charge in [-0.3, -0.25) is 19.8 Å². The minimum Gasteiger partial charge on any atom is -0.377 e. The monoisotopic (exact) mass is 816 g/mol. The maximum absolute atomic E-state index is 13.4. The second kappa shape index (κ2) is 19.2. The van der Waals surface area contributed by atoms with Gasteiger partial charge in [-0.05, 0) is 130 Å². The van der Waals surface area contributed by atoms with Gasteiger partial charge in [0.15, 0.2) is 0 Å². The van der Waals surface area contributed by atoms with Crippen molar-refractivity contribution in [3.8, 4) is 0 Å². The Morgan fingerprint density at radius 3 is 2.32 bits per heavy atom. The van der Waals surface area contributed by atoms with Gasteiger partial charge in [-0.2, -0.15) is 0 Å². The zero-order valence-corrected chi connectivity index (χ0v) is 34.2. The van der Waals surface area contributed by atoms with Crippen LogP contribution in [0.25, 0.3) is 5.57 Å². The fraction of sp³-hybridized carbons (Fsp3) is 0.357. The number of anilines is 2. The van der Waals surface area contributed by atoms with Crippen molar-refractivity contribution >= 4 is 61.9 Å². The molecule has 1 fully saturated rings. The zero-order chi connectivity index (χ0) is 39.7. The first-order chi connectivity index (χ1) is 26.9. The summed E-state index contributed by atoms with van der Waals surface area (Å²) in [6, 6.07) is 28.6. The number of thioether (sulfide) groups is 1. The summed E-state index contributed by atoms with van der Waals surface area (Å²) in [6.45, 7) is 5.19. The summed E-state index contributed by atoms with van der Waals surface area (Å²) in [4.78, 5) is 32.3. The van der Waals surface area contributed by atoms with Gasteiger partial charge in [-0.15, -0.1) is 11.8 Å². The normalized spacial score (nSPS) is 15.6. The van der Waals surface area contributed by atoms with E-state index in [9.17, 15) is 23.3 Å². The number of nitro groups is 1. The number of piperazine rings is 1. The maximum Gasteiger partial charge on any atom is 0.293 e. The third-order valence-electron chi connectivity index (χ3n) is 10.3. The lowest BCUT2D eigenvalue weighted by molar-refractivity contribution is -0.384. The van der Waals surface area contributed by atoms with Crippen molar-refractivity contribution in [2.45, 2.75) is 47.9 Å². The van der Waals surface area contributed by atoms with Crippen molar-refractivity contribution in [2.24, 2.45) is 0 Å². The van der Waals surface area contributed by atoms with Crippen LogP contribution in [0.2, 0.25) is 5.02 Å². The number of amides is 1. The molecule has 4 aromatic carbocycles. The molecular formula is C42H49ClN6O5S2. The van der Waals surface area contributed by atoms with Crippen LogP contribution in [-0.2, 0) is 10.0 Å². The molecule has 1 saturated heterocycles. The van der Waals surface area contributed by atoms with Crippen molar-refractivity contribution in [3.05, 3.63) is 129 Å². The van der Waals surface area contributed by atoms with Crippen molar-refractivity contribution < 1.29 is 18.1 Å². The number of nitro benzene ring substituents is 1. The number of nitrogens with one attached hydrogen (secondary N) is 2. The van der Waals surface area contributed by atoms with E-state index < -0.39 is 20.9 Å². The Morgan fingerprint density at radius 2 is 1.64 bits per heavy atom. The Labute approximate surface area is 339 Å². The predicted octanol–water partition coefficient (Wildman–Crippen LogP) is 8.04. The van der Waals surface area contributed by atoms with Gasteiger partial charge in [0.2, 0.25) is 0 Å². The maximum atomic E-state index is 13.4. The minimum atomic E-state index is -4.41. The average Bonchev–Trinajstić information content (AvgIpc) is 3.65. The Kier molecular flexibility index (Phi) is 14.1. The number of benzene rings is 4. The molecule has 11 nitrogen and oxygen atoms in total. The molecule has 0 spiro atoms. The average molecular weight is 817 g/mol. The van der Waals surface area contributed by atoms with E-state index >= 15 is 0 Å². The first-order valence-corrected chi connectivity index (χ1v) is 21.8. The first kappa shape index (κ1) is 41.2. The number of allylic oxidation sites excluding steroid dienone is 1. The van der Waals surface area contributed by atoms with E-state index in [-0.39, 0.29) is 27.9 Å². The predicted molar refractivity (Wildman–Crippen MR) is 227 cm³/mol. The lowest BCUT2D eigenvalue weighted by Gasteiger charge is -2.36. The molecule has 1 atom stereocenters. The minimum absolute atomic E-state index is 0.0927. The van der Waals surface area contributed by atoms with E-state index in [0.717, 1.165) is 92.4 Å². The largest absolute Gasteiger partial charge is 0.377 e. The van der Waals surface area contributed by atoms with E-state index in [2.05, 4.69) is 36.9 Å². The van der Waals surface area contributed by atoms with E-state index in [1.54, 1.807) is 23.9 Å². The van der Waals surface area contributed by atoms with Gasteiger partial charge in [0.1, 0.15) is 5.69 Å². The molecule has 6 rings (SSSR count). The molecule has 296 valence electrons. The van der Waals surface area contributed by atoms with Crippen molar-refractivity contribution in [3.63, 3.8) is 0 Å². The highest BCUT2D eigenvalue weighted by molar-refractivity contribution is 7.99. The fourth-order valence-corrected chi connectivity index (χ4v) is 9.30. The van der Waals surface area contributed by atoms with Crippen LogP contribution in [0, 0.1) is 10.1 Å². The van der Waals surface area contributed by atoms with Crippen molar-refractivity contribution in [1.29, 1.82) is 0 Å². The fourth-order valence-electron chi connectivity index (χ4n) is 7.19. The number of hydrogen-bond acceptors (Lipinski definition) is 10. The number of carbonyl (C=O) groups excluding carboxylic acids is 1. The van der Waals surface area contributed by atoms with Gasteiger partial charge < -0.3 is 15.1 Å². The molecule has 0 aromatic heterocycles. The molecule has 1 aliphatic carbocycles. The van der Waals surface area contributed by atoms with Crippen LogP contribution in [0.3, 0.4) is 0 Å². The SMILES string of the molecule is CN(C)CC[C@H](CCSc1ccccc1)Nc1ccc(S(=O)(=O)NC(=O)c2ccc(N3CCN(CC4=C(c5ccc(Cl)cc5)CCC4)CC3)cc2)cc1[N+](=O)[O-]. The number of nitrogens with zero attached hydrogens (tertiary/aromatic N) is 4. The number of hydrogen-bond donors (Lipinski definition) is 2. The highest BCUT2D eigenvalue weighted by atomic mass is 35.5. The quantitative estimate of drug-likeness (QED) is 0.0614. The lowest BCUT2D eigenvalue weighted by atomic mass is 10.0. The first-order valence-electron chi connectivity index (χ1n) is 18.9. The van der Waals surface area contributed by atoms with Crippen LogP contribution in [0.1, 0.15) is 48.0 Å². The third-order valence-corrected chi connectivity index (χ3v) is 12.9. The molecule has 4 aromatic rings. The van der Waals surface area contributed by atoms with Crippen LogP contribution in [0.4, 0.5) is 17.1 Å². The number of rotatable bonds is 17. The van der Waals surface area contributed by atoms with Gasteiger partial charge in [-0.1, -0.05) is 47.5 Å². The van der Waals surface area contributed by atoms with Gasteiger partial charge in [-0.25, -0.2) is 13.1 Å². The Morgan fingerprint density at radius 1 is 0.929 bits per heavy atom. The Hall–Kier alpha value is -4.40. The van der Waals surface area contributed by atoms with E-state index in [0.29, 0.717) is 0 Å². The van der Waals surface area contributed by atoms with Gasteiger partial charge in [0, 0.05) is 66.0 Å². The molecule has 1 amide bonds. The van der Waals surface area contributed by atoms with E-state index in [4.69, 9.17) is 11.6 Å². The highest BCUT2D eigenvalue weighted by Gasteiger charge is 2.26. The van der Waals surface area contributed by atoms with Crippen molar-refractivity contribution in [1.82, 2.24) is 14.5 Å². The summed E-state index contributed by atoms with van der Waals surface area (Å²) in [7, 11) is -0.474. The van der Waals surface area contributed by atoms with Crippen LogP contribution in [0.5, 0.6) is 0 Å². The van der Waals surface area contributed by atoms with Crippen molar-refractivity contribution in [2.75, 3.05) is 69.3 Å². The van der Waals surface area contributed by atoms with Gasteiger partial charge in [0.05, 0.1) is 9.82 Å². The second-order valence-corrected chi connectivity index (χ2v) is 17.8. The highest BCUT2D eigenvalue weighted by Crippen LogP contribution is 2.35. The summed E-state index contributed by atoms with van der Waals surface area (Å²) < 4.78 is 28.8. The lowest BCUT2D eigenvalue weighted by Crippen LogP contribution is -2.47. The summed E-state index contributed by atoms with van der Waals surface area (Å²) in [6.07, 6.45) is 4.85. The van der Waals surface area contributed by atoms with Crippen LogP contribution >= 0.6 is 23.4 Å². The molecule has 1 heterocycles. The summed E-state index contributed by atoms with van der Waals surface area (Å²) in [5, 5.41) is 16.2.